The minimum absolute atomic E-state index is 0.0686. The van der Waals surface area contributed by atoms with E-state index in [2.05, 4.69) is 0 Å². The van der Waals surface area contributed by atoms with Gasteiger partial charge >= 0.3 is 5.97 Å². The van der Waals surface area contributed by atoms with Crippen molar-refractivity contribution in [1.82, 2.24) is 0 Å². The van der Waals surface area contributed by atoms with Crippen molar-refractivity contribution in [2.75, 3.05) is 6.61 Å². The molecule has 2 atom stereocenters. The van der Waals surface area contributed by atoms with Gasteiger partial charge in [-0.2, -0.15) is 0 Å². The molecule has 1 heterocycles. The minimum Gasteiger partial charge on any atom is -0.507 e. The lowest BCUT2D eigenvalue weighted by Gasteiger charge is -2.19. The van der Waals surface area contributed by atoms with Crippen LogP contribution in [0.2, 0.25) is 0 Å². The molecule has 0 spiro atoms. The Labute approximate surface area is 160 Å². The molecular formula is C22H28O5. The standard InChI is InChI=1S/C22H28O5/c1-4-12-26-19-13-17-8-6-5-7-9-18(23)11-10-15(2)16(3)27-22(25)21(17)20(24)14-19/h6,8,10-11,13-16,24H,4-5,7,9,12H2,1-3H3/b8-6+,11-10-/t15-,16+/m1/s1. The van der Waals surface area contributed by atoms with Gasteiger partial charge in [0.25, 0.3) is 0 Å². The molecule has 0 aromatic heterocycles. The van der Waals surface area contributed by atoms with Crippen LogP contribution in [0.3, 0.4) is 0 Å². The number of cyclic esters (lactones) is 1. The molecule has 0 radical (unpaired) electrons. The predicted octanol–water partition coefficient (Wildman–Crippen LogP) is 4.68. The first-order valence-electron chi connectivity index (χ1n) is 9.50. The van der Waals surface area contributed by atoms with Gasteiger partial charge in [-0.1, -0.05) is 32.1 Å². The summed E-state index contributed by atoms with van der Waals surface area (Å²) in [6.45, 7) is 6.18. The van der Waals surface area contributed by atoms with Crippen LogP contribution >= 0.6 is 0 Å². The highest BCUT2D eigenvalue weighted by molar-refractivity contribution is 5.97. The molecule has 5 heteroatoms. The number of aromatic hydroxyl groups is 1. The topological polar surface area (TPSA) is 72.8 Å². The molecule has 1 aromatic rings. The summed E-state index contributed by atoms with van der Waals surface area (Å²) in [5.74, 6) is -0.296. The summed E-state index contributed by atoms with van der Waals surface area (Å²) >= 11 is 0. The highest BCUT2D eigenvalue weighted by atomic mass is 16.5. The number of phenolic OH excluding ortho intramolecular Hbond substituents is 1. The SMILES string of the molecule is CCCOc1cc(O)c2c(c1)/C=C/CCCC(=O)/C=C\[C@@H](C)[C@H](C)OC2=O. The van der Waals surface area contributed by atoms with Crippen molar-refractivity contribution in [2.24, 2.45) is 5.92 Å². The van der Waals surface area contributed by atoms with Crippen molar-refractivity contribution in [3.05, 3.63) is 41.5 Å². The molecule has 1 aliphatic rings. The molecule has 0 bridgehead atoms. The smallest absolute Gasteiger partial charge is 0.342 e. The van der Waals surface area contributed by atoms with Gasteiger partial charge < -0.3 is 14.6 Å². The fourth-order valence-electron chi connectivity index (χ4n) is 2.72. The molecule has 0 aliphatic carbocycles. The van der Waals surface area contributed by atoms with Gasteiger partial charge in [-0.15, -0.1) is 0 Å². The number of hydrogen-bond acceptors (Lipinski definition) is 5. The second kappa shape index (κ2) is 9.95. The number of carbonyl (C=O) groups is 2. The second-order valence-corrected chi connectivity index (χ2v) is 6.84. The van der Waals surface area contributed by atoms with Crippen molar-refractivity contribution in [1.29, 1.82) is 0 Å². The van der Waals surface area contributed by atoms with Crippen LogP contribution < -0.4 is 4.74 Å². The molecular weight excluding hydrogens is 344 g/mol. The van der Waals surface area contributed by atoms with Gasteiger partial charge in [0.2, 0.25) is 0 Å². The number of ketones is 1. The zero-order chi connectivity index (χ0) is 19.8. The lowest BCUT2D eigenvalue weighted by atomic mass is 10.0. The number of rotatable bonds is 3. The third-order valence-electron chi connectivity index (χ3n) is 4.51. The first-order valence-corrected chi connectivity index (χ1v) is 9.50. The molecule has 2 rings (SSSR count). The maximum atomic E-state index is 12.7. The third-order valence-corrected chi connectivity index (χ3v) is 4.51. The van der Waals surface area contributed by atoms with Crippen molar-refractivity contribution < 1.29 is 24.2 Å². The summed E-state index contributed by atoms with van der Waals surface area (Å²) in [5.41, 5.74) is 0.677. The van der Waals surface area contributed by atoms with Crippen LogP contribution in [0.1, 0.15) is 62.4 Å². The van der Waals surface area contributed by atoms with E-state index in [-0.39, 0.29) is 23.0 Å². The Balaban J connectivity index is 2.39. The fraction of sp³-hybridized carbons (Fsp3) is 0.455. The molecule has 0 saturated heterocycles. The van der Waals surface area contributed by atoms with E-state index in [1.165, 1.54) is 6.07 Å². The van der Waals surface area contributed by atoms with Crippen molar-refractivity contribution in [2.45, 2.75) is 52.6 Å². The number of benzene rings is 1. The van der Waals surface area contributed by atoms with Crippen LogP contribution in [-0.2, 0) is 9.53 Å². The van der Waals surface area contributed by atoms with Crippen LogP contribution in [-0.4, -0.2) is 29.6 Å². The molecule has 0 fully saturated rings. The Morgan fingerprint density at radius 2 is 2.00 bits per heavy atom. The number of allylic oxidation sites excluding steroid dienone is 2. The molecule has 5 nitrogen and oxygen atoms in total. The second-order valence-electron chi connectivity index (χ2n) is 6.84. The largest absolute Gasteiger partial charge is 0.507 e. The van der Waals surface area contributed by atoms with Gasteiger partial charge in [0.05, 0.1) is 6.61 Å². The van der Waals surface area contributed by atoms with Gasteiger partial charge in [-0.3, -0.25) is 4.79 Å². The number of ether oxygens (including phenoxy) is 2. The molecule has 0 amide bonds. The lowest BCUT2D eigenvalue weighted by molar-refractivity contribution is -0.114. The number of carbonyl (C=O) groups excluding carboxylic acids is 2. The van der Waals surface area contributed by atoms with E-state index in [1.54, 1.807) is 31.2 Å². The summed E-state index contributed by atoms with van der Waals surface area (Å²) in [6, 6.07) is 3.17. The highest BCUT2D eigenvalue weighted by Gasteiger charge is 2.22. The molecule has 1 aliphatic heterocycles. The minimum atomic E-state index is -0.592. The van der Waals surface area contributed by atoms with E-state index in [9.17, 15) is 14.7 Å². The normalized spacial score (nSPS) is 23.7. The van der Waals surface area contributed by atoms with Gasteiger partial charge in [0.1, 0.15) is 23.2 Å². The van der Waals surface area contributed by atoms with Gasteiger partial charge in [-0.05, 0) is 43.9 Å². The number of hydrogen-bond donors (Lipinski definition) is 1. The highest BCUT2D eigenvalue weighted by Crippen LogP contribution is 2.31. The Morgan fingerprint density at radius 1 is 1.22 bits per heavy atom. The van der Waals surface area contributed by atoms with Crippen molar-refractivity contribution in [3.8, 4) is 11.5 Å². The Morgan fingerprint density at radius 3 is 2.74 bits per heavy atom. The first-order chi connectivity index (χ1) is 12.9. The lowest BCUT2D eigenvalue weighted by Crippen LogP contribution is -2.22. The quantitative estimate of drug-likeness (QED) is 0.780. The molecule has 1 aromatic carbocycles. The van der Waals surface area contributed by atoms with Crippen LogP contribution in [0.4, 0.5) is 0 Å². The maximum absolute atomic E-state index is 12.7. The van der Waals surface area contributed by atoms with Gasteiger partial charge in [-0.25, -0.2) is 4.79 Å². The zero-order valence-electron chi connectivity index (χ0n) is 16.2. The van der Waals surface area contributed by atoms with Gasteiger partial charge in [0.15, 0.2) is 5.78 Å². The third kappa shape index (κ3) is 5.98. The van der Waals surface area contributed by atoms with Gasteiger partial charge in [0, 0.05) is 18.4 Å². The molecule has 146 valence electrons. The summed E-state index contributed by atoms with van der Waals surface area (Å²) < 4.78 is 11.1. The number of fused-ring (bicyclic) bond motifs is 1. The average Bonchev–Trinajstić information content (AvgIpc) is 2.62. The summed E-state index contributed by atoms with van der Waals surface area (Å²) in [4.78, 5) is 24.6. The van der Waals surface area contributed by atoms with Crippen LogP contribution in [0, 0.1) is 5.92 Å². The van der Waals surface area contributed by atoms with E-state index >= 15 is 0 Å². The average molecular weight is 372 g/mol. The molecule has 27 heavy (non-hydrogen) atoms. The maximum Gasteiger partial charge on any atom is 0.342 e. The summed E-state index contributed by atoms with van der Waals surface area (Å²) in [6.07, 6.45) is 9.29. The number of phenols is 1. The molecule has 0 saturated carbocycles. The van der Waals surface area contributed by atoms with Crippen LogP contribution in [0.15, 0.2) is 30.4 Å². The summed E-state index contributed by atoms with van der Waals surface area (Å²) in [5, 5.41) is 10.4. The molecule has 0 unspecified atom stereocenters. The van der Waals surface area contributed by atoms with E-state index in [4.69, 9.17) is 9.47 Å². The summed E-state index contributed by atoms with van der Waals surface area (Å²) in [7, 11) is 0. The number of esters is 1. The van der Waals surface area contributed by atoms with E-state index in [1.807, 2.05) is 19.9 Å². The fourth-order valence-corrected chi connectivity index (χ4v) is 2.72. The van der Waals surface area contributed by atoms with E-state index in [0.29, 0.717) is 30.8 Å². The van der Waals surface area contributed by atoms with E-state index < -0.39 is 12.1 Å². The van der Waals surface area contributed by atoms with Crippen LogP contribution in [0.5, 0.6) is 11.5 Å². The molecule has 1 N–H and O–H groups in total. The monoisotopic (exact) mass is 372 g/mol. The Kier molecular flexibility index (Phi) is 7.65. The van der Waals surface area contributed by atoms with Crippen LogP contribution in [0.25, 0.3) is 6.08 Å². The first kappa shape index (κ1) is 20.7. The predicted molar refractivity (Wildman–Crippen MR) is 105 cm³/mol. The Hall–Kier alpha value is -2.56. The van der Waals surface area contributed by atoms with E-state index in [0.717, 1.165) is 12.8 Å². The zero-order valence-corrected chi connectivity index (χ0v) is 16.2. The van der Waals surface area contributed by atoms with Crippen molar-refractivity contribution >= 4 is 17.8 Å². The Bertz CT molecular complexity index is 732. The van der Waals surface area contributed by atoms with Crippen molar-refractivity contribution in [3.63, 3.8) is 0 Å².